The molecule has 10 atom stereocenters. The number of aliphatic hydroxyl groups excluding tert-OH is 5. The van der Waals surface area contributed by atoms with Crippen molar-refractivity contribution in [2.75, 3.05) is 20.8 Å². The van der Waals surface area contributed by atoms with Crippen LogP contribution in [0, 0.1) is 5.92 Å². The Morgan fingerprint density at radius 3 is 1.87 bits per heavy atom. The lowest BCUT2D eigenvalue weighted by Crippen LogP contribution is -2.64. The van der Waals surface area contributed by atoms with Gasteiger partial charge in [0.2, 0.25) is 0 Å². The van der Waals surface area contributed by atoms with Crippen LogP contribution < -0.4 is 0 Å². The minimum atomic E-state index is -1.63. The molecule has 2 saturated heterocycles. The summed E-state index contributed by atoms with van der Waals surface area (Å²) in [6.45, 7) is 0.403. The highest BCUT2D eigenvalue weighted by Gasteiger charge is 2.51. The topological polar surface area (TPSA) is 157 Å². The molecule has 1 aliphatic carbocycles. The van der Waals surface area contributed by atoms with Gasteiger partial charge in [0.15, 0.2) is 25.2 Å². The summed E-state index contributed by atoms with van der Waals surface area (Å²) in [6, 6.07) is 0. The van der Waals surface area contributed by atoms with Crippen molar-refractivity contribution in [3.8, 4) is 0 Å². The van der Waals surface area contributed by atoms with Crippen LogP contribution in [0.2, 0.25) is 0 Å². The summed E-state index contributed by atoms with van der Waals surface area (Å²) >= 11 is 0. The molecule has 2 aliphatic heterocycles. The van der Waals surface area contributed by atoms with E-state index in [-0.39, 0.29) is 0 Å². The fraction of sp³-hybridized carbons (Fsp3) is 1.00. The average molecular weight is 438 g/mol. The highest BCUT2D eigenvalue weighted by Crippen LogP contribution is 2.31. The van der Waals surface area contributed by atoms with Gasteiger partial charge in [0.1, 0.15) is 36.6 Å². The zero-order valence-corrected chi connectivity index (χ0v) is 17.3. The Bertz CT molecular complexity index is 513. The van der Waals surface area contributed by atoms with Crippen molar-refractivity contribution in [1.29, 1.82) is 0 Å². The lowest BCUT2D eigenvalue weighted by molar-refractivity contribution is -0.400. The van der Waals surface area contributed by atoms with Crippen molar-refractivity contribution in [2.24, 2.45) is 5.92 Å². The van der Waals surface area contributed by atoms with Crippen molar-refractivity contribution < 1.29 is 54.0 Å². The van der Waals surface area contributed by atoms with Crippen LogP contribution in [0.15, 0.2) is 0 Å². The highest BCUT2D eigenvalue weighted by atomic mass is 16.8. The van der Waals surface area contributed by atoms with Gasteiger partial charge in [-0.3, -0.25) is 0 Å². The number of methoxy groups -OCH3 is 2. The van der Waals surface area contributed by atoms with Crippen LogP contribution in [0.5, 0.6) is 0 Å². The molecule has 0 aromatic carbocycles. The molecule has 0 aromatic rings. The van der Waals surface area contributed by atoms with Gasteiger partial charge in [0.25, 0.3) is 0 Å². The molecule has 30 heavy (non-hydrogen) atoms. The van der Waals surface area contributed by atoms with E-state index >= 15 is 0 Å². The molecule has 0 aromatic heterocycles. The first-order valence-electron chi connectivity index (χ1n) is 10.4. The van der Waals surface area contributed by atoms with Crippen LogP contribution in [-0.4, -0.2) is 108 Å². The molecule has 5 unspecified atom stereocenters. The Labute approximate surface area is 175 Å². The van der Waals surface area contributed by atoms with Crippen molar-refractivity contribution in [3.05, 3.63) is 0 Å². The molecule has 0 spiro atoms. The molecule has 176 valence electrons. The predicted octanol–water partition coefficient (Wildman–Crippen LogP) is -1.57. The SMILES string of the molecule is CO[C@H]1OC(OC2[C@@H](OC)O[C@@H](OCC3CCCCC3)C(O)[C@H]2O)C(O)[C@@H](O)C1O. The maximum Gasteiger partial charge on any atom is 0.189 e. The molecule has 3 aliphatic rings. The molecule has 3 rings (SSSR count). The Hall–Kier alpha value is -0.440. The molecule has 0 bridgehead atoms. The monoisotopic (exact) mass is 438 g/mol. The van der Waals surface area contributed by atoms with Gasteiger partial charge in [-0.1, -0.05) is 19.3 Å². The number of ether oxygens (including phenoxy) is 6. The Balaban J connectivity index is 1.61. The Morgan fingerprint density at radius 1 is 0.667 bits per heavy atom. The fourth-order valence-corrected chi connectivity index (χ4v) is 4.14. The molecular weight excluding hydrogens is 404 g/mol. The van der Waals surface area contributed by atoms with Gasteiger partial charge in [0, 0.05) is 14.2 Å². The Morgan fingerprint density at radius 2 is 1.23 bits per heavy atom. The average Bonchev–Trinajstić information content (AvgIpc) is 2.77. The molecule has 0 radical (unpaired) electrons. The Kier molecular flexibility index (Phi) is 8.82. The second-order valence-electron chi connectivity index (χ2n) is 8.11. The van der Waals surface area contributed by atoms with Crippen molar-refractivity contribution in [1.82, 2.24) is 0 Å². The van der Waals surface area contributed by atoms with E-state index in [2.05, 4.69) is 0 Å². The van der Waals surface area contributed by atoms with E-state index in [9.17, 15) is 25.5 Å². The maximum atomic E-state index is 10.6. The molecule has 0 amide bonds. The van der Waals surface area contributed by atoms with Gasteiger partial charge < -0.3 is 54.0 Å². The van der Waals surface area contributed by atoms with E-state index in [1.54, 1.807) is 0 Å². The van der Waals surface area contributed by atoms with E-state index in [1.165, 1.54) is 20.6 Å². The van der Waals surface area contributed by atoms with Crippen LogP contribution >= 0.6 is 0 Å². The summed E-state index contributed by atoms with van der Waals surface area (Å²) in [5, 5.41) is 51.1. The quantitative estimate of drug-likeness (QED) is 0.313. The maximum absolute atomic E-state index is 10.6. The standard InChI is InChI=1S/C19H34O11/c1-25-16-12(22)10(20)13(23)18(29-16)28-15-11(21)14(24)17(30-19(15)26-2)27-8-9-6-4-3-5-7-9/h9-24H,3-8H2,1-2H3/t10-,11+,12?,13?,14?,15?,16-,17+,18?,19-/m0/s1. The minimum Gasteiger partial charge on any atom is -0.387 e. The van der Waals surface area contributed by atoms with E-state index < -0.39 is 61.8 Å². The summed E-state index contributed by atoms with van der Waals surface area (Å²) in [5.74, 6) is 0.381. The molecule has 3 fully saturated rings. The number of aliphatic hydroxyl groups is 5. The van der Waals surface area contributed by atoms with E-state index in [0.29, 0.717) is 12.5 Å². The second kappa shape index (κ2) is 10.9. The van der Waals surface area contributed by atoms with Crippen LogP contribution in [-0.2, 0) is 28.4 Å². The van der Waals surface area contributed by atoms with Crippen LogP contribution in [0.25, 0.3) is 0 Å². The highest BCUT2D eigenvalue weighted by molar-refractivity contribution is 4.91. The first-order chi connectivity index (χ1) is 14.4. The van der Waals surface area contributed by atoms with Gasteiger partial charge in [0.05, 0.1) is 6.61 Å². The number of hydrogen-bond donors (Lipinski definition) is 5. The third-order valence-electron chi connectivity index (χ3n) is 6.00. The van der Waals surface area contributed by atoms with Crippen molar-refractivity contribution >= 4 is 0 Å². The predicted molar refractivity (Wildman–Crippen MR) is 98.8 cm³/mol. The van der Waals surface area contributed by atoms with Gasteiger partial charge in [-0.2, -0.15) is 0 Å². The van der Waals surface area contributed by atoms with Crippen molar-refractivity contribution in [3.63, 3.8) is 0 Å². The number of hydrogen-bond acceptors (Lipinski definition) is 11. The van der Waals surface area contributed by atoms with Gasteiger partial charge >= 0.3 is 0 Å². The van der Waals surface area contributed by atoms with Crippen LogP contribution in [0.3, 0.4) is 0 Å². The molecular formula is C19H34O11. The van der Waals surface area contributed by atoms with Gasteiger partial charge in [-0.25, -0.2) is 0 Å². The molecule has 11 nitrogen and oxygen atoms in total. The normalized spacial score (nSPS) is 46.1. The van der Waals surface area contributed by atoms with Gasteiger partial charge in [-0.05, 0) is 18.8 Å². The summed E-state index contributed by atoms with van der Waals surface area (Å²) in [6.07, 6.45) is -8.26. The zero-order chi connectivity index (χ0) is 21.8. The van der Waals surface area contributed by atoms with E-state index in [1.807, 2.05) is 0 Å². The summed E-state index contributed by atoms with van der Waals surface area (Å²) in [4.78, 5) is 0. The summed E-state index contributed by atoms with van der Waals surface area (Å²) < 4.78 is 32.4. The molecule has 5 N–H and O–H groups in total. The summed E-state index contributed by atoms with van der Waals surface area (Å²) in [5.41, 5.74) is 0. The zero-order valence-electron chi connectivity index (χ0n) is 17.3. The minimum absolute atomic E-state index is 0.381. The third kappa shape index (κ3) is 5.30. The van der Waals surface area contributed by atoms with Crippen molar-refractivity contribution in [2.45, 2.75) is 93.9 Å². The first-order valence-corrected chi connectivity index (χ1v) is 10.4. The second-order valence-corrected chi connectivity index (χ2v) is 8.11. The van der Waals surface area contributed by atoms with Gasteiger partial charge in [-0.15, -0.1) is 0 Å². The lowest BCUT2D eigenvalue weighted by Gasteiger charge is -2.45. The fourth-order valence-electron chi connectivity index (χ4n) is 4.14. The lowest BCUT2D eigenvalue weighted by atomic mass is 9.90. The first kappa shape index (κ1) is 24.2. The largest absolute Gasteiger partial charge is 0.387 e. The van der Waals surface area contributed by atoms with Crippen LogP contribution in [0.4, 0.5) is 0 Å². The summed E-state index contributed by atoms with van der Waals surface area (Å²) in [7, 11) is 2.59. The van der Waals surface area contributed by atoms with E-state index in [4.69, 9.17) is 28.4 Å². The molecule has 2 heterocycles. The molecule has 1 saturated carbocycles. The molecule has 11 heteroatoms. The third-order valence-corrected chi connectivity index (χ3v) is 6.00. The number of rotatable bonds is 7. The van der Waals surface area contributed by atoms with E-state index in [0.717, 1.165) is 25.7 Å². The smallest absolute Gasteiger partial charge is 0.189 e. The van der Waals surface area contributed by atoms with Crippen LogP contribution in [0.1, 0.15) is 32.1 Å².